The summed E-state index contributed by atoms with van der Waals surface area (Å²) in [7, 11) is -3.65. The van der Waals surface area contributed by atoms with E-state index in [0.717, 1.165) is 30.9 Å². The lowest BCUT2D eigenvalue weighted by atomic mass is 10.3. The molecule has 0 unspecified atom stereocenters. The van der Waals surface area contributed by atoms with Gasteiger partial charge in [0, 0.05) is 38.3 Å². The minimum absolute atomic E-state index is 0.161. The summed E-state index contributed by atoms with van der Waals surface area (Å²) in [6.07, 6.45) is 4.89. The summed E-state index contributed by atoms with van der Waals surface area (Å²) >= 11 is 0. The zero-order valence-electron chi connectivity index (χ0n) is 15.1. The Hall–Kier alpha value is -2.32. The number of pyridine rings is 1. The van der Waals surface area contributed by atoms with Crippen LogP contribution >= 0.6 is 0 Å². The lowest BCUT2D eigenvalue weighted by Crippen LogP contribution is -2.23. The van der Waals surface area contributed by atoms with E-state index in [1.807, 2.05) is 12.1 Å². The Morgan fingerprint density at radius 2 is 1.78 bits per heavy atom. The van der Waals surface area contributed by atoms with Crippen molar-refractivity contribution in [2.45, 2.75) is 30.7 Å². The molecule has 0 saturated carbocycles. The summed E-state index contributed by atoms with van der Waals surface area (Å²) < 4.78 is 39.0. The molecular formula is C19H23N3O4S. The number of hydrogen-bond acceptors (Lipinski definition) is 6. The Morgan fingerprint density at radius 1 is 1.00 bits per heavy atom. The van der Waals surface area contributed by atoms with E-state index in [-0.39, 0.29) is 11.4 Å². The van der Waals surface area contributed by atoms with Crippen LogP contribution in [0.2, 0.25) is 0 Å². The van der Waals surface area contributed by atoms with Gasteiger partial charge in [0.2, 0.25) is 10.0 Å². The van der Waals surface area contributed by atoms with Crippen LogP contribution in [-0.4, -0.2) is 39.7 Å². The van der Waals surface area contributed by atoms with Crippen molar-refractivity contribution < 1.29 is 17.9 Å². The third kappa shape index (κ3) is 4.17. The first-order chi connectivity index (χ1) is 13.1. The molecule has 3 heterocycles. The monoisotopic (exact) mass is 389 g/mol. The van der Waals surface area contributed by atoms with Gasteiger partial charge in [-0.25, -0.2) is 18.1 Å². The highest BCUT2D eigenvalue weighted by Gasteiger charge is 2.19. The molecule has 1 N–H and O–H groups in total. The van der Waals surface area contributed by atoms with Crippen LogP contribution in [0.5, 0.6) is 11.5 Å². The molecule has 1 fully saturated rings. The van der Waals surface area contributed by atoms with Gasteiger partial charge in [-0.05, 0) is 36.6 Å². The van der Waals surface area contributed by atoms with Crippen molar-refractivity contribution in [2.75, 3.05) is 31.2 Å². The van der Waals surface area contributed by atoms with Gasteiger partial charge >= 0.3 is 0 Å². The van der Waals surface area contributed by atoms with Crippen molar-refractivity contribution in [3.63, 3.8) is 0 Å². The Labute approximate surface area is 159 Å². The van der Waals surface area contributed by atoms with Crippen LogP contribution in [-0.2, 0) is 16.6 Å². The van der Waals surface area contributed by atoms with Crippen molar-refractivity contribution in [1.29, 1.82) is 0 Å². The Balaban J connectivity index is 1.43. The molecule has 1 aromatic heterocycles. The zero-order chi connectivity index (χ0) is 18.7. The van der Waals surface area contributed by atoms with E-state index >= 15 is 0 Å². The second-order valence-corrected chi connectivity index (χ2v) is 8.47. The minimum Gasteiger partial charge on any atom is -0.490 e. The van der Waals surface area contributed by atoms with Crippen molar-refractivity contribution >= 4 is 15.8 Å². The summed E-state index contributed by atoms with van der Waals surface area (Å²) in [6, 6.07) is 8.55. The quantitative estimate of drug-likeness (QED) is 0.845. The molecule has 0 aliphatic carbocycles. The molecule has 2 aromatic rings. The number of ether oxygens (including phenoxy) is 2. The molecule has 7 nitrogen and oxygen atoms in total. The van der Waals surface area contributed by atoms with Gasteiger partial charge in [-0.1, -0.05) is 6.07 Å². The van der Waals surface area contributed by atoms with Crippen LogP contribution in [0.4, 0.5) is 5.82 Å². The van der Waals surface area contributed by atoms with E-state index in [9.17, 15) is 8.42 Å². The van der Waals surface area contributed by atoms with Crippen molar-refractivity contribution in [3.05, 3.63) is 42.1 Å². The van der Waals surface area contributed by atoms with Gasteiger partial charge < -0.3 is 14.4 Å². The average Bonchev–Trinajstić information content (AvgIpc) is 3.12. The zero-order valence-corrected chi connectivity index (χ0v) is 15.9. The van der Waals surface area contributed by atoms with Crippen LogP contribution in [0.15, 0.2) is 41.4 Å². The van der Waals surface area contributed by atoms with Crippen LogP contribution in [0.25, 0.3) is 0 Å². The number of hydrogen-bond donors (Lipinski definition) is 1. The van der Waals surface area contributed by atoms with Gasteiger partial charge in [0.15, 0.2) is 11.5 Å². The van der Waals surface area contributed by atoms with E-state index in [1.165, 1.54) is 25.0 Å². The van der Waals surface area contributed by atoms with Crippen LogP contribution in [0.1, 0.15) is 24.8 Å². The summed E-state index contributed by atoms with van der Waals surface area (Å²) in [4.78, 5) is 6.86. The first-order valence-electron chi connectivity index (χ1n) is 9.21. The van der Waals surface area contributed by atoms with E-state index in [0.29, 0.717) is 24.7 Å². The predicted octanol–water partition coefficient (Wildman–Crippen LogP) is 2.32. The summed E-state index contributed by atoms with van der Waals surface area (Å²) in [5.74, 6) is 1.99. The molecule has 144 valence electrons. The van der Waals surface area contributed by atoms with Gasteiger partial charge in [0.05, 0.1) is 18.1 Å². The first-order valence-corrected chi connectivity index (χ1v) is 10.7. The second-order valence-electron chi connectivity index (χ2n) is 6.70. The molecule has 0 spiro atoms. The first kappa shape index (κ1) is 18.1. The number of fused-ring (bicyclic) bond motifs is 1. The van der Waals surface area contributed by atoms with Gasteiger partial charge in [0.25, 0.3) is 0 Å². The van der Waals surface area contributed by atoms with E-state index in [1.54, 1.807) is 12.3 Å². The molecule has 0 radical (unpaired) electrons. The Kier molecular flexibility index (Phi) is 5.18. The van der Waals surface area contributed by atoms with Gasteiger partial charge in [0.1, 0.15) is 5.82 Å². The van der Waals surface area contributed by atoms with Crippen molar-refractivity contribution in [1.82, 2.24) is 9.71 Å². The lowest BCUT2D eigenvalue weighted by molar-refractivity contribution is 0.297. The average molecular weight is 389 g/mol. The molecule has 1 aromatic carbocycles. The number of nitrogens with zero attached hydrogens (tertiary/aromatic N) is 2. The van der Waals surface area contributed by atoms with Crippen LogP contribution in [0.3, 0.4) is 0 Å². The minimum atomic E-state index is -3.65. The molecule has 27 heavy (non-hydrogen) atoms. The smallest absolute Gasteiger partial charge is 0.241 e. The predicted molar refractivity (Wildman–Crippen MR) is 102 cm³/mol. The van der Waals surface area contributed by atoms with Gasteiger partial charge in [-0.2, -0.15) is 0 Å². The normalized spacial score (nSPS) is 17.0. The summed E-state index contributed by atoms with van der Waals surface area (Å²) in [5, 5.41) is 0. The number of aromatic nitrogens is 1. The summed E-state index contributed by atoms with van der Waals surface area (Å²) in [6.45, 7) is 3.33. The number of nitrogens with one attached hydrogen (secondary N) is 1. The fourth-order valence-corrected chi connectivity index (χ4v) is 4.26. The number of anilines is 1. The fraction of sp³-hybridized carbons (Fsp3) is 0.421. The topological polar surface area (TPSA) is 80.8 Å². The maximum atomic E-state index is 12.6. The maximum Gasteiger partial charge on any atom is 0.241 e. The van der Waals surface area contributed by atoms with Crippen molar-refractivity contribution in [3.8, 4) is 11.5 Å². The third-order valence-electron chi connectivity index (χ3n) is 4.73. The molecule has 2 aliphatic heterocycles. The van der Waals surface area contributed by atoms with E-state index < -0.39 is 10.0 Å². The van der Waals surface area contributed by atoms with Crippen LogP contribution in [0, 0.1) is 0 Å². The molecular weight excluding hydrogens is 366 g/mol. The number of benzene rings is 1. The largest absolute Gasteiger partial charge is 0.490 e. The Morgan fingerprint density at radius 3 is 2.52 bits per heavy atom. The molecule has 0 bridgehead atoms. The molecule has 4 rings (SSSR count). The van der Waals surface area contributed by atoms with E-state index in [4.69, 9.17) is 9.47 Å². The summed E-state index contributed by atoms with van der Waals surface area (Å²) in [5.41, 5.74) is 0.816. The molecule has 8 heteroatoms. The Bertz CT molecular complexity index is 894. The number of rotatable bonds is 5. The van der Waals surface area contributed by atoms with E-state index in [2.05, 4.69) is 14.6 Å². The fourth-order valence-electron chi connectivity index (χ4n) is 3.23. The highest BCUT2D eigenvalue weighted by atomic mass is 32.2. The second kappa shape index (κ2) is 7.74. The van der Waals surface area contributed by atoms with Gasteiger partial charge in [-0.15, -0.1) is 0 Å². The number of sulfonamides is 1. The highest BCUT2D eigenvalue weighted by Crippen LogP contribution is 2.31. The standard InChI is InChI=1S/C19H23N3O4S/c23-27(24,16-5-6-17-18(12-16)26-11-3-10-25-17)21-14-15-4-7-19(20-13-15)22-8-1-2-9-22/h4-7,12-13,21H,1-3,8-11,14H2. The molecule has 2 aliphatic rings. The van der Waals surface area contributed by atoms with Crippen LogP contribution < -0.4 is 19.1 Å². The van der Waals surface area contributed by atoms with Crippen molar-refractivity contribution in [2.24, 2.45) is 0 Å². The highest BCUT2D eigenvalue weighted by molar-refractivity contribution is 7.89. The molecule has 1 saturated heterocycles. The van der Waals surface area contributed by atoms with Gasteiger partial charge in [-0.3, -0.25) is 0 Å². The molecule has 0 atom stereocenters. The lowest BCUT2D eigenvalue weighted by Gasteiger charge is -2.16. The third-order valence-corrected chi connectivity index (χ3v) is 6.13. The SMILES string of the molecule is O=S(=O)(NCc1ccc(N2CCCC2)nc1)c1ccc2c(c1)OCCCO2. The maximum absolute atomic E-state index is 12.6. The molecule has 0 amide bonds.